The molecule has 4 N–H and O–H groups in total. The summed E-state index contributed by atoms with van der Waals surface area (Å²) in [6.07, 6.45) is 4.16. The molecule has 0 bridgehead atoms. The molecule has 1 atom stereocenters. The summed E-state index contributed by atoms with van der Waals surface area (Å²) in [5.41, 5.74) is 2.49. The fraction of sp³-hybridized carbons (Fsp3) is 0.333. The molecule has 0 spiro atoms. The molecule has 8 heteroatoms. The highest BCUT2D eigenvalue weighted by Gasteiger charge is 2.23. The third kappa shape index (κ3) is 2.68. The molecule has 0 saturated heterocycles. The number of aromatic amines is 1. The smallest absolute Gasteiger partial charge is 0.177 e. The molecule has 0 fully saturated rings. The lowest BCUT2D eigenvalue weighted by Gasteiger charge is -2.20. The van der Waals surface area contributed by atoms with E-state index in [1.165, 1.54) is 0 Å². The predicted octanol–water partition coefficient (Wildman–Crippen LogP) is 1.81. The van der Waals surface area contributed by atoms with E-state index in [2.05, 4.69) is 19.9 Å². The van der Waals surface area contributed by atoms with E-state index in [0.29, 0.717) is 30.3 Å². The summed E-state index contributed by atoms with van der Waals surface area (Å²) < 4.78 is 7.84. The summed E-state index contributed by atoms with van der Waals surface area (Å²) in [5.74, 6) is 1.72. The first-order chi connectivity index (χ1) is 12.8. The van der Waals surface area contributed by atoms with E-state index in [4.69, 9.17) is 9.40 Å². The zero-order chi connectivity index (χ0) is 18.1. The van der Waals surface area contributed by atoms with Gasteiger partial charge in [0.1, 0.15) is 23.5 Å². The van der Waals surface area contributed by atoms with Gasteiger partial charge >= 0.3 is 0 Å². The van der Waals surface area contributed by atoms with Crippen molar-refractivity contribution in [3.8, 4) is 11.6 Å². The van der Waals surface area contributed by atoms with Crippen LogP contribution < -0.4 is 5.32 Å². The van der Waals surface area contributed by atoms with Gasteiger partial charge in [-0.1, -0.05) is 0 Å². The third-order valence-electron chi connectivity index (χ3n) is 4.54. The van der Waals surface area contributed by atoms with Gasteiger partial charge in [0, 0.05) is 24.7 Å². The fourth-order valence-electron chi connectivity index (χ4n) is 3.41. The lowest BCUT2D eigenvalue weighted by Crippen LogP contribution is -2.24. The molecule has 4 aromatic rings. The van der Waals surface area contributed by atoms with Crippen molar-refractivity contribution >= 4 is 22.1 Å². The first-order valence-corrected chi connectivity index (χ1v) is 8.56. The van der Waals surface area contributed by atoms with Gasteiger partial charge in [-0.15, -0.1) is 0 Å². The topological polar surface area (TPSA) is 112 Å². The second-order valence-corrected chi connectivity index (χ2v) is 6.19. The average Bonchev–Trinajstić information content (AvgIpc) is 3.37. The number of likely N-dealkylation sites (N-methyl/N-ethyl adjacent to an activating group) is 1. The van der Waals surface area contributed by atoms with Crippen molar-refractivity contribution in [2.75, 3.05) is 20.2 Å². The van der Waals surface area contributed by atoms with Crippen molar-refractivity contribution in [1.29, 1.82) is 0 Å². The lowest BCUT2D eigenvalue weighted by molar-refractivity contribution is 0.247. The quantitative estimate of drug-likeness (QED) is 0.402. The van der Waals surface area contributed by atoms with Crippen LogP contribution in [-0.2, 0) is 6.61 Å². The van der Waals surface area contributed by atoms with Gasteiger partial charge < -0.3 is 29.5 Å². The third-order valence-corrected chi connectivity index (χ3v) is 4.54. The van der Waals surface area contributed by atoms with E-state index in [1.54, 1.807) is 18.3 Å². The molecule has 0 saturated carbocycles. The first-order valence-electron chi connectivity index (χ1n) is 8.56. The Bertz CT molecular complexity index is 1030. The molecule has 4 aromatic heterocycles. The van der Waals surface area contributed by atoms with Crippen LogP contribution in [0.2, 0.25) is 0 Å². The van der Waals surface area contributed by atoms with Crippen LogP contribution in [0, 0.1) is 0 Å². The molecule has 0 aromatic carbocycles. The first kappa shape index (κ1) is 16.8. The van der Waals surface area contributed by atoms with E-state index >= 15 is 0 Å². The molecular weight excluding hydrogens is 334 g/mol. The maximum absolute atomic E-state index is 9.57. The molecule has 0 amide bonds. The van der Waals surface area contributed by atoms with E-state index < -0.39 is 0 Å². The van der Waals surface area contributed by atoms with Crippen LogP contribution in [0.3, 0.4) is 0 Å². The number of aliphatic hydroxyl groups excluding tert-OH is 2. The van der Waals surface area contributed by atoms with Crippen molar-refractivity contribution < 1.29 is 14.6 Å². The Kier molecular flexibility index (Phi) is 4.46. The molecular formula is C18H21N5O3. The molecule has 1 unspecified atom stereocenters. The van der Waals surface area contributed by atoms with Gasteiger partial charge in [0.25, 0.3) is 0 Å². The Hall–Kier alpha value is -2.68. The minimum Gasteiger partial charge on any atom is -0.455 e. The number of nitrogens with one attached hydrogen (secondary N) is 2. The number of H-pyrrole nitrogens is 1. The second-order valence-electron chi connectivity index (χ2n) is 6.19. The number of furan rings is 1. The van der Waals surface area contributed by atoms with Crippen LogP contribution in [-0.4, -0.2) is 49.9 Å². The predicted molar refractivity (Wildman–Crippen MR) is 97.7 cm³/mol. The number of fused-ring (bicyclic) bond motifs is 3. The lowest BCUT2D eigenvalue weighted by atomic mass is 10.1. The highest BCUT2D eigenvalue weighted by atomic mass is 16.4. The molecule has 0 aliphatic rings. The van der Waals surface area contributed by atoms with Crippen molar-refractivity contribution in [3.63, 3.8) is 0 Å². The van der Waals surface area contributed by atoms with Crippen LogP contribution in [0.4, 0.5) is 0 Å². The number of aromatic nitrogens is 4. The monoisotopic (exact) mass is 355 g/mol. The standard InChI is InChI=1S/C18H21N5O3/c1-19-8-11(5-7-24)23-16-13-4-6-20-17(13)21-9-14(16)22-18(23)15-3-2-12(10-25)26-15/h2-4,6,9,11,19,24-25H,5,7-8,10H2,1H3,(H,20,21). The molecule has 26 heavy (non-hydrogen) atoms. The van der Waals surface area contributed by atoms with Gasteiger partial charge in [-0.2, -0.15) is 0 Å². The zero-order valence-electron chi connectivity index (χ0n) is 14.4. The Morgan fingerprint density at radius 2 is 2.19 bits per heavy atom. The zero-order valence-corrected chi connectivity index (χ0v) is 14.4. The minimum atomic E-state index is -0.166. The Morgan fingerprint density at radius 3 is 2.92 bits per heavy atom. The summed E-state index contributed by atoms with van der Waals surface area (Å²) in [4.78, 5) is 12.3. The largest absolute Gasteiger partial charge is 0.455 e. The van der Waals surface area contributed by atoms with Gasteiger partial charge in [-0.05, 0) is 31.7 Å². The number of nitrogens with zero attached hydrogens (tertiary/aromatic N) is 3. The summed E-state index contributed by atoms with van der Waals surface area (Å²) >= 11 is 0. The maximum atomic E-state index is 9.57. The van der Waals surface area contributed by atoms with E-state index in [-0.39, 0.29) is 19.3 Å². The van der Waals surface area contributed by atoms with Gasteiger partial charge in [-0.3, -0.25) is 0 Å². The van der Waals surface area contributed by atoms with Gasteiger partial charge in [0.15, 0.2) is 11.6 Å². The number of hydrogen-bond acceptors (Lipinski definition) is 6. The number of aliphatic hydroxyl groups is 2. The molecule has 136 valence electrons. The molecule has 0 radical (unpaired) electrons. The van der Waals surface area contributed by atoms with Crippen LogP contribution in [0.5, 0.6) is 0 Å². The van der Waals surface area contributed by atoms with Crippen molar-refractivity contribution in [3.05, 3.63) is 36.4 Å². The summed E-state index contributed by atoms with van der Waals surface area (Å²) in [6.45, 7) is 0.564. The number of hydrogen-bond donors (Lipinski definition) is 4. The Morgan fingerprint density at radius 1 is 1.31 bits per heavy atom. The highest BCUT2D eigenvalue weighted by molar-refractivity contribution is 6.02. The van der Waals surface area contributed by atoms with Crippen LogP contribution in [0.1, 0.15) is 18.2 Å². The SMILES string of the molecule is CNCC(CCO)n1c(-c2ccc(CO)o2)nc2cnc3[nH]ccc3c21. The van der Waals surface area contributed by atoms with E-state index in [9.17, 15) is 10.2 Å². The highest BCUT2D eigenvalue weighted by Crippen LogP contribution is 2.33. The van der Waals surface area contributed by atoms with Gasteiger partial charge in [0.05, 0.1) is 17.8 Å². The fourth-order valence-corrected chi connectivity index (χ4v) is 3.41. The van der Waals surface area contributed by atoms with Crippen LogP contribution in [0.15, 0.2) is 35.0 Å². The normalized spacial score (nSPS) is 13.0. The Balaban J connectivity index is 2.01. The molecule has 8 nitrogen and oxygen atoms in total. The van der Waals surface area contributed by atoms with Crippen molar-refractivity contribution in [2.24, 2.45) is 0 Å². The molecule has 0 aliphatic heterocycles. The minimum absolute atomic E-state index is 0.0202. The second kappa shape index (κ2) is 6.91. The van der Waals surface area contributed by atoms with Crippen molar-refractivity contribution in [1.82, 2.24) is 24.8 Å². The maximum Gasteiger partial charge on any atom is 0.177 e. The number of imidazole rings is 1. The van der Waals surface area contributed by atoms with E-state index in [1.807, 2.05) is 19.3 Å². The molecule has 4 heterocycles. The summed E-state index contributed by atoms with van der Waals surface area (Å²) in [6, 6.07) is 5.50. The Labute approximate surface area is 149 Å². The van der Waals surface area contributed by atoms with Crippen LogP contribution in [0.25, 0.3) is 33.7 Å². The summed E-state index contributed by atoms with van der Waals surface area (Å²) in [5, 5.41) is 23.1. The van der Waals surface area contributed by atoms with Crippen molar-refractivity contribution in [2.45, 2.75) is 19.1 Å². The molecule has 4 rings (SSSR count). The van der Waals surface area contributed by atoms with Crippen LogP contribution >= 0.6 is 0 Å². The van der Waals surface area contributed by atoms with Gasteiger partial charge in [-0.25, -0.2) is 9.97 Å². The number of rotatable bonds is 7. The summed E-state index contributed by atoms with van der Waals surface area (Å²) in [7, 11) is 1.88. The van der Waals surface area contributed by atoms with E-state index in [0.717, 1.165) is 22.1 Å². The average molecular weight is 355 g/mol. The van der Waals surface area contributed by atoms with Gasteiger partial charge in [0.2, 0.25) is 0 Å². The molecule has 0 aliphatic carbocycles. The number of pyridine rings is 1.